The highest BCUT2D eigenvalue weighted by Gasteiger charge is 2.31. The predicted octanol–water partition coefficient (Wildman–Crippen LogP) is 6.17. The number of amides is 1. The predicted molar refractivity (Wildman–Crippen MR) is 136 cm³/mol. The molecule has 0 atom stereocenters. The highest BCUT2D eigenvalue weighted by molar-refractivity contribution is 6.31. The number of hydrogen-bond acceptors (Lipinski definition) is 2. The summed E-state index contributed by atoms with van der Waals surface area (Å²) in [6.07, 6.45) is 1.80. The topological polar surface area (TPSA) is 42.3 Å². The van der Waals surface area contributed by atoms with Crippen molar-refractivity contribution in [1.29, 1.82) is 0 Å². The van der Waals surface area contributed by atoms with E-state index < -0.39 is 0 Å². The minimum Gasteiger partial charge on any atom is -0.338 e. The molecule has 3 aromatic rings. The SMILES string of the molecule is C=CC(=O)N1CC(CC(=O)Cn2c(C)c(-c3ccccc3C(C)(C)C)c3cc(Cl)ccc32)C1. The number of ketones is 1. The van der Waals surface area contributed by atoms with Crippen LogP contribution in [0, 0.1) is 12.8 Å². The van der Waals surface area contributed by atoms with Crippen molar-refractivity contribution < 1.29 is 9.59 Å². The molecule has 0 aliphatic carbocycles. The van der Waals surface area contributed by atoms with Crippen molar-refractivity contribution in [3.63, 3.8) is 0 Å². The lowest BCUT2D eigenvalue weighted by molar-refractivity contribution is -0.134. The van der Waals surface area contributed by atoms with E-state index in [0.29, 0.717) is 31.1 Å². The Bertz CT molecular complexity index is 1240. The van der Waals surface area contributed by atoms with Crippen molar-refractivity contribution in [3.05, 3.63) is 71.4 Å². The zero-order valence-electron chi connectivity index (χ0n) is 19.8. The van der Waals surface area contributed by atoms with Crippen molar-refractivity contribution in [2.24, 2.45) is 5.92 Å². The molecule has 4 nitrogen and oxygen atoms in total. The zero-order chi connectivity index (χ0) is 23.9. The van der Waals surface area contributed by atoms with Gasteiger partial charge in [-0.15, -0.1) is 0 Å². The fourth-order valence-electron chi connectivity index (χ4n) is 4.92. The first-order valence-corrected chi connectivity index (χ1v) is 11.8. The van der Waals surface area contributed by atoms with Crippen LogP contribution in [0.3, 0.4) is 0 Å². The Morgan fingerprint density at radius 2 is 1.85 bits per heavy atom. The van der Waals surface area contributed by atoms with Crippen molar-refractivity contribution in [1.82, 2.24) is 9.47 Å². The lowest BCUT2D eigenvalue weighted by Crippen LogP contribution is -2.50. The molecule has 1 aliphatic heterocycles. The van der Waals surface area contributed by atoms with Crippen molar-refractivity contribution >= 4 is 34.2 Å². The van der Waals surface area contributed by atoms with E-state index in [4.69, 9.17) is 11.6 Å². The number of fused-ring (bicyclic) bond motifs is 1. The van der Waals surface area contributed by atoms with Crippen LogP contribution in [-0.2, 0) is 21.5 Å². The molecule has 33 heavy (non-hydrogen) atoms. The molecule has 0 spiro atoms. The summed E-state index contributed by atoms with van der Waals surface area (Å²) < 4.78 is 2.12. The summed E-state index contributed by atoms with van der Waals surface area (Å²) in [7, 11) is 0. The number of Topliss-reactive ketones (excluding diaryl/α,β-unsaturated/α-hetero) is 1. The van der Waals surface area contributed by atoms with Gasteiger partial charge in [0.2, 0.25) is 5.91 Å². The number of benzene rings is 2. The molecule has 1 saturated heterocycles. The maximum atomic E-state index is 13.0. The number of likely N-dealkylation sites (tertiary alicyclic amines) is 1. The molecule has 4 rings (SSSR count). The smallest absolute Gasteiger partial charge is 0.245 e. The highest BCUT2D eigenvalue weighted by atomic mass is 35.5. The first-order chi connectivity index (χ1) is 15.6. The van der Waals surface area contributed by atoms with Gasteiger partial charge in [-0.05, 0) is 47.7 Å². The summed E-state index contributed by atoms with van der Waals surface area (Å²) in [5.41, 5.74) is 5.64. The summed E-state index contributed by atoms with van der Waals surface area (Å²) in [5.74, 6) is 0.334. The first kappa shape index (κ1) is 23.3. The third kappa shape index (κ3) is 4.49. The molecule has 0 bridgehead atoms. The molecule has 5 heteroatoms. The van der Waals surface area contributed by atoms with Gasteiger partial charge in [0.15, 0.2) is 5.78 Å². The molecular weight excluding hydrogens is 432 g/mol. The molecule has 1 amide bonds. The average Bonchev–Trinajstić information content (AvgIpc) is 2.99. The van der Waals surface area contributed by atoms with Crippen LogP contribution in [0.4, 0.5) is 0 Å². The van der Waals surface area contributed by atoms with Crippen LogP contribution >= 0.6 is 11.6 Å². The molecule has 2 aromatic carbocycles. The quantitative estimate of drug-likeness (QED) is 0.411. The average molecular weight is 463 g/mol. The Hall–Kier alpha value is -2.85. The Kier molecular flexibility index (Phi) is 6.24. The molecule has 0 saturated carbocycles. The normalized spacial score (nSPS) is 14.4. The lowest BCUT2D eigenvalue weighted by Gasteiger charge is -2.38. The molecule has 0 unspecified atom stereocenters. The van der Waals surface area contributed by atoms with Gasteiger partial charge in [0.25, 0.3) is 0 Å². The summed E-state index contributed by atoms with van der Waals surface area (Å²) >= 11 is 6.41. The largest absolute Gasteiger partial charge is 0.338 e. The third-order valence-electron chi connectivity index (χ3n) is 6.58. The van der Waals surface area contributed by atoms with Crippen molar-refractivity contribution in [3.8, 4) is 11.1 Å². The van der Waals surface area contributed by atoms with E-state index in [1.165, 1.54) is 17.2 Å². The number of carbonyl (C=O) groups is 2. The number of hydrogen-bond donors (Lipinski definition) is 0. The van der Waals surface area contributed by atoms with Crippen LogP contribution in [0.1, 0.15) is 38.4 Å². The van der Waals surface area contributed by atoms with E-state index >= 15 is 0 Å². The van der Waals surface area contributed by atoms with Gasteiger partial charge in [0, 0.05) is 52.6 Å². The molecule has 1 aliphatic rings. The second kappa shape index (κ2) is 8.83. The Labute approximate surface area is 200 Å². The van der Waals surface area contributed by atoms with Crippen LogP contribution < -0.4 is 0 Å². The van der Waals surface area contributed by atoms with E-state index in [1.807, 2.05) is 18.2 Å². The van der Waals surface area contributed by atoms with E-state index in [0.717, 1.165) is 22.2 Å². The summed E-state index contributed by atoms with van der Waals surface area (Å²) in [5, 5.41) is 1.75. The lowest BCUT2D eigenvalue weighted by atomic mass is 9.81. The van der Waals surface area contributed by atoms with E-state index in [9.17, 15) is 9.59 Å². The molecular formula is C28H31ClN2O2. The molecule has 1 aromatic heterocycles. The second-order valence-electron chi connectivity index (χ2n) is 10.1. The Balaban J connectivity index is 1.69. The molecule has 1 fully saturated rings. The number of nitrogens with zero attached hydrogens (tertiary/aromatic N) is 2. The minimum absolute atomic E-state index is 0.0230. The van der Waals surface area contributed by atoms with Crippen LogP contribution in [0.2, 0.25) is 5.02 Å². The van der Waals surface area contributed by atoms with Gasteiger partial charge in [0.1, 0.15) is 0 Å². The Morgan fingerprint density at radius 3 is 2.52 bits per heavy atom. The van der Waals surface area contributed by atoms with Gasteiger partial charge in [-0.2, -0.15) is 0 Å². The van der Waals surface area contributed by atoms with Gasteiger partial charge in [-0.3, -0.25) is 9.59 Å². The third-order valence-corrected chi connectivity index (χ3v) is 6.82. The maximum Gasteiger partial charge on any atom is 0.245 e. The van der Waals surface area contributed by atoms with Crippen molar-refractivity contribution in [2.45, 2.75) is 46.1 Å². The summed E-state index contributed by atoms with van der Waals surface area (Å²) in [4.78, 5) is 26.4. The highest BCUT2D eigenvalue weighted by Crippen LogP contribution is 2.41. The number of aromatic nitrogens is 1. The van der Waals surface area contributed by atoms with E-state index in [1.54, 1.807) is 4.90 Å². The summed E-state index contributed by atoms with van der Waals surface area (Å²) in [6, 6.07) is 14.4. The van der Waals surface area contributed by atoms with Gasteiger partial charge >= 0.3 is 0 Å². The van der Waals surface area contributed by atoms with Gasteiger partial charge < -0.3 is 9.47 Å². The monoisotopic (exact) mass is 462 g/mol. The second-order valence-corrected chi connectivity index (χ2v) is 10.5. The van der Waals surface area contributed by atoms with Crippen LogP contribution in [0.25, 0.3) is 22.0 Å². The van der Waals surface area contributed by atoms with Crippen LogP contribution in [-0.4, -0.2) is 34.2 Å². The van der Waals surface area contributed by atoms with Gasteiger partial charge in [0.05, 0.1) is 6.54 Å². The van der Waals surface area contributed by atoms with Gasteiger partial charge in [-0.1, -0.05) is 63.2 Å². The molecule has 172 valence electrons. The fourth-order valence-corrected chi connectivity index (χ4v) is 5.10. The van der Waals surface area contributed by atoms with E-state index in [-0.39, 0.29) is 23.0 Å². The standard InChI is InChI=1S/C28H31ClN2O2/c1-6-26(33)30-15-19(16-30)13-21(32)17-31-18(2)27(23-14-20(29)11-12-25(23)31)22-9-7-8-10-24(22)28(3,4)5/h6-12,14,19H,1,13,15-17H2,2-5H3. The maximum absolute atomic E-state index is 13.0. The molecule has 0 radical (unpaired) electrons. The first-order valence-electron chi connectivity index (χ1n) is 11.4. The molecule has 0 N–H and O–H groups in total. The number of halogens is 1. The van der Waals surface area contributed by atoms with Gasteiger partial charge in [-0.25, -0.2) is 0 Å². The Morgan fingerprint density at radius 1 is 1.15 bits per heavy atom. The fraction of sp³-hybridized carbons (Fsp3) is 0.357. The minimum atomic E-state index is -0.0648. The van der Waals surface area contributed by atoms with Crippen LogP contribution in [0.5, 0.6) is 0 Å². The van der Waals surface area contributed by atoms with Crippen molar-refractivity contribution in [2.75, 3.05) is 13.1 Å². The van der Waals surface area contributed by atoms with E-state index in [2.05, 4.69) is 63.1 Å². The number of rotatable bonds is 6. The number of carbonyl (C=O) groups excluding carboxylic acids is 2. The summed E-state index contributed by atoms with van der Waals surface area (Å²) in [6.45, 7) is 13.8. The van der Waals surface area contributed by atoms with Crippen LogP contribution in [0.15, 0.2) is 55.1 Å². The zero-order valence-corrected chi connectivity index (χ0v) is 20.6. The molecule has 2 heterocycles.